The molecule has 2 aliphatic carbocycles. The number of amides is 2. The van der Waals surface area contributed by atoms with Crippen LogP contribution in [-0.4, -0.2) is 41.4 Å². The number of benzene rings is 1. The number of carbonyl (C=O) groups excluding carboxylic acids is 2. The molecule has 0 aromatic heterocycles. The molecule has 34 heavy (non-hydrogen) atoms. The average molecular weight is 464 g/mol. The summed E-state index contributed by atoms with van der Waals surface area (Å²) in [4.78, 5) is 27.5. The van der Waals surface area contributed by atoms with Crippen molar-refractivity contribution in [3.63, 3.8) is 0 Å². The molecule has 2 amide bonds. The number of piperidine rings is 1. The van der Waals surface area contributed by atoms with Gasteiger partial charge in [-0.3, -0.25) is 14.5 Å². The Morgan fingerprint density at radius 3 is 2.35 bits per heavy atom. The first kappa shape index (κ1) is 24.7. The van der Waals surface area contributed by atoms with Gasteiger partial charge in [-0.15, -0.1) is 0 Å². The molecule has 2 saturated carbocycles. The van der Waals surface area contributed by atoms with Crippen molar-refractivity contribution in [2.75, 3.05) is 13.1 Å². The van der Waals surface area contributed by atoms with Gasteiger partial charge in [-0.1, -0.05) is 62.4 Å². The molecule has 1 aliphatic heterocycles. The van der Waals surface area contributed by atoms with Gasteiger partial charge in [-0.2, -0.15) is 5.26 Å². The smallest absolute Gasteiger partial charge is 0.225 e. The van der Waals surface area contributed by atoms with Crippen molar-refractivity contribution < 1.29 is 9.59 Å². The second-order valence-electron chi connectivity index (χ2n) is 10.7. The second kappa shape index (κ2) is 10.9. The summed E-state index contributed by atoms with van der Waals surface area (Å²) < 4.78 is 0. The van der Waals surface area contributed by atoms with Crippen LogP contribution in [-0.2, 0) is 9.59 Å². The number of rotatable bonds is 7. The molecule has 0 bridgehead atoms. The number of hydrogen-bond acceptors (Lipinski definition) is 4. The highest BCUT2D eigenvalue weighted by Crippen LogP contribution is 2.40. The van der Waals surface area contributed by atoms with Crippen molar-refractivity contribution in [3.8, 4) is 6.07 Å². The van der Waals surface area contributed by atoms with Gasteiger partial charge < -0.3 is 11.1 Å². The minimum atomic E-state index is -0.840. The number of likely N-dealkylation sites (tertiary alicyclic amines) is 1. The molecule has 3 aliphatic rings. The van der Waals surface area contributed by atoms with Crippen molar-refractivity contribution in [1.29, 1.82) is 5.26 Å². The summed E-state index contributed by atoms with van der Waals surface area (Å²) in [5, 5.41) is 13.0. The second-order valence-corrected chi connectivity index (χ2v) is 10.7. The molecular formula is C28H39N4O2. The SMILES string of the molecule is N#CC1(NC(=O)[CH]CC2(C(N)=O)CCCCC2)CCN(C2CCCCC2c2ccccc2)CC1. The molecule has 0 spiro atoms. The molecule has 1 saturated heterocycles. The molecule has 3 fully saturated rings. The predicted octanol–water partition coefficient (Wildman–Crippen LogP) is 4.22. The number of primary amides is 1. The summed E-state index contributed by atoms with van der Waals surface area (Å²) >= 11 is 0. The van der Waals surface area contributed by atoms with E-state index in [1.807, 2.05) is 0 Å². The molecule has 3 N–H and O–H groups in total. The molecule has 1 heterocycles. The molecule has 1 radical (unpaired) electrons. The van der Waals surface area contributed by atoms with Crippen LogP contribution in [0.2, 0.25) is 0 Å². The van der Waals surface area contributed by atoms with E-state index in [0.717, 1.165) is 45.2 Å². The molecule has 2 atom stereocenters. The van der Waals surface area contributed by atoms with Gasteiger partial charge >= 0.3 is 0 Å². The number of nitriles is 1. The van der Waals surface area contributed by atoms with E-state index in [1.165, 1.54) is 31.2 Å². The summed E-state index contributed by atoms with van der Waals surface area (Å²) in [7, 11) is 0. The van der Waals surface area contributed by atoms with Crippen molar-refractivity contribution in [2.45, 2.75) is 94.5 Å². The van der Waals surface area contributed by atoms with Crippen LogP contribution in [0.15, 0.2) is 30.3 Å². The molecular weight excluding hydrogens is 424 g/mol. The quantitative estimate of drug-likeness (QED) is 0.632. The Morgan fingerprint density at radius 1 is 1.03 bits per heavy atom. The lowest BCUT2D eigenvalue weighted by molar-refractivity contribution is -0.130. The van der Waals surface area contributed by atoms with Gasteiger partial charge in [0.15, 0.2) is 0 Å². The maximum Gasteiger partial charge on any atom is 0.225 e. The van der Waals surface area contributed by atoms with Crippen molar-refractivity contribution >= 4 is 11.8 Å². The lowest BCUT2D eigenvalue weighted by Gasteiger charge is -2.45. The third-order valence-electron chi connectivity index (χ3n) is 8.67. The fourth-order valence-electron chi connectivity index (χ4n) is 6.49. The Bertz CT molecular complexity index is 879. The first-order valence-corrected chi connectivity index (χ1v) is 13.1. The largest absolute Gasteiger partial charge is 0.369 e. The topological polar surface area (TPSA) is 99.2 Å². The molecule has 2 unspecified atom stereocenters. The highest BCUT2D eigenvalue weighted by atomic mass is 16.2. The number of nitrogens with two attached hydrogens (primary N) is 1. The zero-order valence-corrected chi connectivity index (χ0v) is 20.3. The lowest BCUT2D eigenvalue weighted by atomic mass is 9.70. The molecule has 1 aromatic rings. The lowest BCUT2D eigenvalue weighted by Crippen LogP contribution is -2.57. The number of hydrogen-bond donors (Lipinski definition) is 2. The third-order valence-corrected chi connectivity index (χ3v) is 8.67. The predicted molar refractivity (Wildman–Crippen MR) is 132 cm³/mol. The van der Waals surface area contributed by atoms with E-state index in [2.05, 4.69) is 46.6 Å². The van der Waals surface area contributed by atoms with Gasteiger partial charge in [0.25, 0.3) is 0 Å². The van der Waals surface area contributed by atoms with Crippen LogP contribution in [0, 0.1) is 23.2 Å². The monoisotopic (exact) mass is 463 g/mol. The van der Waals surface area contributed by atoms with Crippen LogP contribution in [0.25, 0.3) is 0 Å². The Balaban J connectivity index is 1.34. The first-order chi connectivity index (χ1) is 16.5. The van der Waals surface area contributed by atoms with E-state index in [-0.39, 0.29) is 11.8 Å². The van der Waals surface area contributed by atoms with E-state index in [4.69, 9.17) is 5.73 Å². The van der Waals surface area contributed by atoms with Crippen LogP contribution < -0.4 is 11.1 Å². The molecule has 6 heteroatoms. The standard InChI is InChI=1S/C28H39N4O2/c29-21-28(31-25(33)13-16-27(26(30)34)14-7-2-8-15-27)17-19-32(20-18-28)24-12-6-5-11-23(24)22-9-3-1-4-10-22/h1,3-4,9-10,13,23-24H,2,5-8,11-12,14-20H2,(H2,30,34)(H,31,33). The van der Waals surface area contributed by atoms with Crippen LogP contribution >= 0.6 is 0 Å². The van der Waals surface area contributed by atoms with Gasteiger partial charge in [0.2, 0.25) is 11.8 Å². The maximum absolute atomic E-state index is 12.8. The van der Waals surface area contributed by atoms with Gasteiger partial charge in [0.1, 0.15) is 5.54 Å². The maximum atomic E-state index is 12.8. The van der Waals surface area contributed by atoms with Gasteiger partial charge in [-0.25, -0.2) is 0 Å². The zero-order chi connectivity index (χ0) is 24.0. The van der Waals surface area contributed by atoms with Gasteiger partial charge in [-0.05, 0) is 56.4 Å². The van der Waals surface area contributed by atoms with E-state index >= 15 is 0 Å². The molecule has 6 nitrogen and oxygen atoms in total. The number of carbonyl (C=O) groups is 2. The highest BCUT2D eigenvalue weighted by Gasteiger charge is 2.42. The van der Waals surface area contributed by atoms with Crippen molar-refractivity contribution in [2.24, 2.45) is 11.1 Å². The Labute approximate surface area is 204 Å². The molecule has 4 rings (SSSR count). The Kier molecular flexibility index (Phi) is 7.93. The van der Waals surface area contributed by atoms with Crippen LogP contribution in [0.3, 0.4) is 0 Å². The number of nitrogens with zero attached hydrogens (tertiary/aromatic N) is 2. The van der Waals surface area contributed by atoms with E-state index in [9.17, 15) is 14.9 Å². The van der Waals surface area contributed by atoms with Crippen molar-refractivity contribution in [1.82, 2.24) is 10.2 Å². The molecule has 1 aromatic carbocycles. The van der Waals surface area contributed by atoms with Crippen LogP contribution in [0.1, 0.15) is 88.5 Å². The molecule has 183 valence electrons. The van der Waals surface area contributed by atoms with Crippen LogP contribution in [0.5, 0.6) is 0 Å². The van der Waals surface area contributed by atoms with E-state index < -0.39 is 11.0 Å². The van der Waals surface area contributed by atoms with Crippen molar-refractivity contribution in [3.05, 3.63) is 42.3 Å². The fraction of sp³-hybridized carbons (Fsp3) is 0.643. The Morgan fingerprint density at radius 2 is 1.71 bits per heavy atom. The van der Waals surface area contributed by atoms with Gasteiger partial charge in [0.05, 0.1) is 12.5 Å². The van der Waals surface area contributed by atoms with Crippen LogP contribution in [0.4, 0.5) is 0 Å². The Hall–Kier alpha value is -2.39. The van der Waals surface area contributed by atoms with E-state index in [0.29, 0.717) is 31.2 Å². The van der Waals surface area contributed by atoms with Gasteiger partial charge in [0, 0.05) is 24.5 Å². The number of nitrogens with one attached hydrogen (secondary N) is 1. The summed E-state index contributed by atoms with van der Waals surface area (Å²) in [5.74, 6) is -0.0195. The highest BCUT2D eigenvalue weighted by molar-refractivity contribution is 5.88. The average Bonchev–Trinajstić information content (AvgIpc) is 2.89. The first-order valence-electron chi connectivity index (χ1n) is 13.1. The normalized spacial score (nSPS) is 26.8. The minimum Gasteiger partial charge on any atom is -0.369 e. The summed E-state index contributed by atoms with van der Waals surface area (Å²) in [6, 6.07) is 13.7. The zero-order valence-electron chi connectivity index (χ0n) is 20.3. The summed E-state index contributed by atoms with van der Waals surface area (Å²) in [6.45, 7) is 1.63. The van der Waals surface area contributed by atoms with E-state index in [1.54, 1.807) is 6.42 Å². The third kappa shape index (κ3) is 5.46. The minimum absolute atomic E-state index is 0.249. The summed E-state index contributed by atoms with van der Waals surface area (Å²) in [5.41, 5.74) is 5.69. The summed E-state index contributed by atoms with van der Waals surface area (Å²) in [6.07, 6.45) is 12.6. The fourth-order valence-corrected chi connectivity index (χ4v) is 6.49.